The number of carbonyl (C=O) groups excluding carboxylic acids is 3. The zero-order valence-electron chi connectivity index (χ0n) is 20.1. The molecular formula is C26H33N3O5S. The highest BCUT2D eigenvalue weighted by molar-refractivity contribution is 7.89. The molecule has 2 atom stereocenters. The minimum absolute atomic E-state index is 0.00210. The largest absolute Gasteiger partial charge is 0.349 e. The first-order valence-electron chi connectivity index (χ1n) is 11.9. The van der Waals surface area contributed by atoms with Crippen molar-refractivity contribution < 1.29 is 22.8 Å². The van der Waals surface area contributed by atoms with Gasteiger partial charge in [0.15, 0.2) is 0 Å². The van der Waals surface area contributed by atoms with E-state index < -0.39 is 39.7 Å². The number of Topliss-reactive ketones (excluding diaryl/α,β-unsaturated/α-hetero) is 1. The number of amides is 2. The summed E-state index contributed by atoms with van der Waals surface area (Å²) in [5, 5.41) is 5.29. The molecule has 2 amide bonds. The van der Waals surface area contributed by atoms with E-state index in [2.05, 4.69) is 21.4 Å². The first-order chi connectivity index (χ1) is 16.7. The molecule has 9 heteroatoms. The fraction of sp³-hybridized carbons (Fsp3) is 0.423. The number of rotatable bonds is 7. The molecule has 0 spiro atoms. The predicted molar refractivity (Wildman–Crippen MR) is 133 cm³/mol. The van der Waals surface area contributed by atoms with E-state index in [0.717, 1.165) is 17.5 Å². The van der Waals surface area contributed by atoms with E-state index in [1.807, 2.05) is 32.0 Å². The Morgan fingerprint density at radius 1 is 1.03 bits per heavy atom. The van der Waals surface area contributed by atoms with E-state index in [9.17, 15) is 22.8 Å². The van der Waals surface area contributed by atoms with E-state index in [-0.39, 0.29) is 23.7 Å². The van der Waals surface area contributed by atoms with Gasteiger partial charge in [0.05, 0.1) is 10.9 Å². The summed E-state index contributed by atoms with van der Waals surface area (Å²) in [6.07, 6.45) is 2.43. The highest BCUT2D eigenvalue weighted by Gasteiger charge is 2.32. The summed E-state index contributed by atoms with van der Waals surface area (Å²) in [5.74, 6) is -2.11. The van der Waals surface area contributed by atoms with Gasteiger partial charge in [-0.3, -0.25) is 14.4 Å². The molecule has 1 aliphatic heterocycles. The van der Waals surface area contributed by atoms with Gasteiger partial charge in [0, 0.05) is 6.54 Å². The average molecular weight is 500 g/mol. The topological polar surface area (TPSA) is 121 Å². The SMILES string of the molecule is CC(C)CC(NS(=O)(=O)c1ccccc1)C(=O)NC1CCc2cccc(c2)CCCNC(=O)C1=O. The molecule has 188 valence electrons. The second kappa shape index (κ2) is 12.1. The van der Waals surface area contributed by atoms with E-state index in [1.54, 1.807) is 18.2 Å². The number of hydrogen-bond acceptors (Lipinski definition) is 5. The van der Waals surface area contributed by atoms with Crippen molar-refractivity contribution in [1.29, 1.82) is 0 Å². The van der Waals surface area contributed by atoms with Gasteiger partial charge in [-0.2, -0.15) is 4.72 Å². The number of hydrogen-bond donors (Lipinski definition) is 3. The smallest absolute Gasteiger partial charge is 0.289 e. The van der Waals surface area contributed by atoms with Crippen LogP contribution in [0.1, 0.15) is 44.2 Å². The molecule has 8 nitrogen and oxygen atoms in total. The molecule has 0 radical (unpaired) electrons. The zero-order chi connectivity index (χ0) is 25.4. The Bertz CT molecular complexity index is 1150. The van der Waals surface area contributed by atoms with Gasteiger partial charge in [-0.15, -0.1) is 0 Å². The summed E-state index contributed by atoms with van der Waals surface area (Å²) < 4.78 is 28.2. The molecule has 2 unspecified atom stereocenters. The Morgan fingerprint density at radius 3 is 2.40 bits per heavy atom. The third-order valence-corrected chi connectivity index (χ3v) is 7.36. The Balaban J connectivity index is 1.80. The molecule has 0 aliphatic carbocycles. The molecule has 35 heavy (non-hydrogen) atoms. The highest BCUT2D eigenvalue weighted by atomic mass is 32.2. The van der Waals surface area contributed by atoms with Crippen molar-refractivity contribution in [3.63, 3.8) is 0 Å². The molecule has 2 aromatic carbocycles. The van der Waals surface area contributed by atoms with Gasteiger partial charge < -0.3 is 10.6 Å². The van der Waals surface area contributed by atoms with Crippen LogP contribution in [0.5, 0.6) is 0 Å². The lowest BCUT2D eigenvalue weighted by Crippen LogP contribution is -2.54. The van der Waals surface area contributed by atoms with E-state index in [1.165, 1.54) is 12.1 Å². The minimum Gasteiger partial charge on any atom is -0.349 e. The summed E-state index contributed by atoms with van der Waals surface area (Å²) in [6, 6.07) is 13.6. The summed E-state index contributed by atoms with van der Waals surface area (Å²) in [6.45, 7) is 4.10. The van der Waals surface area contributed by atoms with Crippen LogP contribution in [-0.2, 0) is 37.2 Å². The number of benzene rings is 2. The zero-order valence-corrected chi connectivity index (χ0v) is 20.9. The lowest BCUT2D eigenvalue weighted by molar-refractivity contribution is -0.140. The van der Waals surface area contributed by atoms with Gasteiger partial charge in [-0.05, 0) is 61.3 Å². The third-order valence-electron chi connectivity index (χ3n) is 5.87. The quantitative estimate of drug-likeness (QED) is 0.504. The highest BCUT2D eigenvalue weighted by Crippen LogP contribution is 2.15. The van der Waals surface area contributed by atoms with Crippen LogP contribution in [0.15, 0.2) is 59.5 Å². The van der Waals surface area contributed by atoms with Crippen molar-refractivity contribution in [3.8, 4) is 0 Å². The molecule has 3 N–H and O–H groups in total. The van der Waals surface area contributed by atoms with Crippen LogP contribution in [0.3, 0.4) is 0 Å². The number of ketones is 1. The van der Waals surface area contributed by atoms with Crippen molar-refractivity contribution in [2.24, 2.45) is 5.92 Å². The maximum absolute atomic E-state index is 13.2. The number of aryl methyl sites for hydroxylation is 2. The molecule has 1 aliphatic rings. The molecule has 1 heterocycles. The molecule has 0 fully saturated rings. The fourth-order valence-corrected chi connectivity index (χ4v) is 5.30. The van der Waals surface area contributed by atoms with Gasteiger partial charge in [-0.25, -0.2) is 8.42 Å². The first-order valence-corrected chi connectivity index (χ1v) is 13.4. The molecule has 3 rings (SSSR count). The van der Waals surface area contributed by atoms with Gasteiger partial charge in [0.25, 0.3) is 5.91 Å². The summed E-state index contributed by atoms with van der Waals surface area (Å²) in [4.78, 5) is 38.7. The Labute approximate surface area is 206 Å². The molecule has 0 saturated heterocycles. The van der Waals surface area contributed by atoms with Crippen molar-refractivity contribution in [3.05, 3.63) is 65.7 Å². The number of fused-ring (bicyclic) bond motifs is 2. The van der Waals surface area contributed by atoms with Crippen LogP contribution in [0.4, 0.5) is 0 Å². The fourth-order valence-electron chi connectivity index (χ4n) is 4.07. The second-order valence-corrected chi connectivity index (χ2v) is 11.0. The van der Waals surface area contributed by atoms with E-state index >= 15 is 0 Å². The van der Waals surface area contributed by atoms with E-state index in [0.29, 0.717) is 19.4 Å². The van der Waals surface area contributed by atoms with Crippen molar-refractivity contribution in [2.75, 3.05) is 6.54 Å². The Hall–Kier alpha value is -3.04. The maximum atomic E-state index is 13.2. The molecule has 0 aromatic heterocycles. The number of carbonyl (C=O) groups is 3. The minimum atomic E-state index is -3.96. The maximum Gasteiger partial charge on any atom is 0.289 e. The molecular weight excluding hydrogens is 466 g/mol. The first kappa shape index (κ1) is 26.6. The molecule has 2 bridgehead atoms. The monoisotopic (exact) mass is 499 g/mol. The Kier molecular flexibility index (Phi) is 9.17. The predicted octanol–water partition coefficient (Wildman–Crippen LogP) is 2.13. The van der Waals surface area contributed by atoms with Crippen LogP contribution >= 0.6 is 0 Å². The molecule has 2 aromatic rings. The normalized spacial score (nSPS) is 18.2. The van der Waals surface area contributed by atoms with Crippen molar-refractivity contribution in [1.82, 2.24) is 15.4 Å². The second-order valence-electron chi connectivity index (χ2n) is 9.26. The van der Waals surface area contributed by atoms with Crippen LogP contribution < -0.4 is 15.4 Å². The standard InChI is InChI=1S/C26H33N3O5S/c1-18(2)16-23(29-35(33,34)21-11-4-3-5-12-21)25(31)28-22-14-13-20-9-6-8-19(17-20)10-7-15-27-26(32)24(22)30/h3-6,8-9,11-12,17-18,22-23,29H,7,10,13-16H2,1-2H3,(H,27,32)(H,28,31). The van der Waals surface area contributed by atoms with E-state index in [4.69, 9.17) is 0 Å². The summed E-state index contributed by atoms with van der Waals surface area (Å²) >= 11 is 0. The lowest BCUT2D eigenvalue weighted by Gasteiger charge is -2.24. The summed E-state index contributed by atoms with van der Waals surface area (Å²) in [5.41, 5.74) is 2.16. The van der Waals surface area contributed by atoms with Crippen LogP contribution in [0.25, 0.3) is 0 Å². The van der Waals surface area contributed by atoms with Crippen LogP contribution in [-0.4, -0.2) is 44.6 Å². The number of nitrogens with one attached hydrogen (secondary N) is 3. The average Bonchev–Trinajstić information content (AvgIpc) is 2.83. The lowest BCUT2D eigenvalue weighted by atomic mass is 9.97. The van der Waals surface area contributed by atoms with Crippen molar-refractivity contribution >= 4 is 27.6 Å². The van der Waals surface area contributed by atoms with Gasteiger partial charge >= 0.3 is 0 Å². The van der Waals surface area contributed by atoms with Gasteiger partial charge in [0.1, 0.15) is 6.04 Å². The van der Waals surface area contributed by atoms with Gasteiger partial charge in [0.2, 0.25) is 21.7 Å². The third kappa shape index (κ3) is 7.73. The van der Waals surface area contributed by atoms with Gasteiger partial charge in [-0.1, -0.05) is 56.3 Å². The molecule has 0 saturated carbocycles. The Morgan fingerprint density at radius 2 is 1.71 bits per heavy atom. The van der Waals surface area contributed by atoms with Crippen LogP contribution in [0.2, 0.25) is 0 Å². The van der Waals surface area contributed by atoms with Crippen LogP contribution in [0, 0.1) is 5.92 Å². The number of sulfonamides is 1. The summed E-state index contributed by atoms with van der Waals surface area (Å²) in [7, 11) is -3.96. The van der Waals surface area contributed by atoms with Crippen molar-refractivity contribution in [2.45, 2.75) is 62.9 Å².